The van der Waals surface area contributed by atoms with Crippen molar-refractivity contribution >= 4 is 12.1 Å². The zero-order chi connectivity index (χ0) is 19.1. The molecule has 27 heavy (non-hydrogen) atoms. The number of carbonyl (C=O) groups excluding carboxylic acids is 1. The quantitative estimate of drug-likeness (QED) is 0.544. The summed E-state index contributed by atoms with van der Waals surface area (Å²) in [5, 5.41) is 0. The Labute approximate surface area is 154 Å². The molecule has 0 spiro atoms. The van der Waals surface area contributed by atoms with Crippen LogP contribution in [0.4, 0.5) is 14.6 Å². The Balaban J connectivity index is 1.68. The Hall–Kier alpha value is -3.23. The normalized spacial score (nSPS) is 14.6. The van der Waals surface area contributed by atoms with Crippen LogP contribution in [0, 0.1) is 0 Å². The van der Waals surface area contributed by atoms with Gasteiger partial charge in [-0.15, -0.1) is 0 Å². The van der Waals surface area contributed by atoms with Crippen molar-refractivity contribution in [3.63, 3.8) is 0 Å². The van der Waals surface area contributed by atoms with Crippen LogP contribution in [0.2, 0.25) is 0 Å². The van der Waals surface area contributed by atoms with Crippen molar-refractivity contribution in [2.45, 2.75) is 6.61 Å². The van der Waals surface area contributed by atoms with E-state index >= 15 is 0 Å². The van der Waals surface area contributed by atoms with Gasteiger partial charge in [0.15, 0.2) is 5.82 Å². The first-order valence-corrected chi connectivity index (χ1v) is 8.30. The van der Waals surface area contributed by atoms with Crippen molar-refractivity contribution < 1.29 is 23.0 Å². The first-order valence-electron chi connectivity index (χ1n) is 8.30. The van der Waals surface area contributed by atoms with Crippen LogP contribution in [-0.2, 0) is 4.79 Å². The molecule has 142 valence electrons. The van der Waals surface area contributed by atoms with Crippen LogP contribution in [0.3, 0.4) is 0 Å². The van der Waals surface area contributed by atoms with Crippen LogP contribution in [0.1, 0.15) is 0 Å². The van der Waals surface area contributed by atoms with Gasteiger partial charge in [-0.2, -0.15) is 8.78 Å². The minimum Gasteiger partial charge on any atom is -0.436 e. The van der Waals surface area contributed by atoms with E-state index in [1.807, 2.05) is 9.80 Å². The molecule has 0 aliphatic carbocycles. The van der Waals surface area contributed by atoms with Crippen molar-refractivity contribution in [1.82, 2.24) is 14.9 Å². The molecule has 0 N–H and O–H groups in total. The molecule has 0 atom stereocenters. The van der Waals surface area contributed by atoms with Gasteiger partial charge in [0, 0.05) is 44.8 Å². The molecule has 2 aromatic rings. The maximum Gasteiger partial charge on any atom is 0.387 e. The molecule has 1 aliphatic rings. The van der Waals surface area contributed by atoms with Crippen LogP contribution in [-0.4, -0.2) is 53.9 Å². The number of benzene rings is 1. The lowest BCUT2D eigenvalue weighted by molar-refractivity contribution is -0.104. The van der Waals surface area contributed by atoms with Crippen molar-refractivity contribution in [2.75, 3.05) is 31.1 Å². The highest BCUT2D eigenvalue weighted by molar-refractivity contribution is 5.64. The number of hydrogen-bond donors (Lipinski definition) is 0. The van der Waals surface area contributed by atoms with Crippen LogP contribution in [0.25, 0.3) is 0 Å². The standard InChI is InChI=1S/C18H18F2N4O3/c19-18(20)27-15-4-2-14(3-5-15)26-17-16(21-6-7-22-17)24-11-9-23(10-12-24)8-1-13-25/h1-8,13,18H,9-12H2. The highest BCUT2D eigenvalue weighted by Gasteiger charge is 2.20. The summed E-state index contributed by atoms with van der Waals surface area (Å²) in [5.41, 5.74) is 0. The number of allylic oxidation sites excluding steroid dienone is 1. The van der Waals surface area contributed by atoms with Gasteiger partial charge in [-0.3, -0.25) is 4.79 Å². The molecule has 0 amide bonds. The molecule has 0 saturated carbocycles. The average Bonchev–Trinajstić information content (AvgIpc) is 2.68. The Kier molecular flexibility index (Phi) is 6.14. The minimum atomic E-state index is -2.87. The van der Waals surface area contributed by atoms with Crippen LogP contribution >= 0.6 is 0 Å². The van der Waals surface area contributed by atoms with Crippen molar-refractivity contribution in [3.8, 4) is 17.4 Å². The molecule has 0 bridgehead atoms. The first kappa shape index (κ1) is 18.6. The molecule has 1 aliphatic heterocycles. The molecule has 0 unspecified atom stereocenters. The maximum atomic E-state index is 12.2. The summed E-state index contributed by atoms with van der Waals surface area (Å²) >= 11 is 0. The van der Waals surface area contributed by atoms with Gasteiger partial charge in [0.2, 0.25) is 0 Å². The summed E-state index contributed by atoms with van der Waals surface area (Å²) in [6, 6.07) is 5.85. The van der Waals surface area contributed by atoms with E-state index in [0.29, 0.717) is 30.5 Å². The summed E-state index contributed by atoms with van der Waals surface area (Å²) < 4.78 is 34.5. The number of aldehydes is 1. The maximum absolute atomic E-state index is 12.2. The number of alkyl halides is 2. The highest BCUT2D eigenvalue weighted by Crippen LogP contribution is 2.29. The summed E-state index contributed by atoms with van der Waals surface area (Å²) in [5.74, 6) is 1.42. The Morgan fingerprint density at radius 3 is 2.33 bits per heavy atom. The number of anilines is 1. The number of ether oxygens (including phenoxy) is 2. The van der Waals surface area contributed by atoms with E-state index in [2.05, 4.69) is 14.7 Å². The fraction of sp³-hybridized carbons (Fsp3) is 0.278. The van der Waals surface area contributed by atoms with Gasteiger partial charge in [0.05, 0.1) is 0 Å². The number of hydrogen-bond acceptors (Lipinski definition) is 7. The summed E-state index contributed by atoms with van der Waals surface area (Å²) in [6.07, 6.45) is 7.09. The summed E-state index contributed by atoms with van der Waals surface area (Å²) in [6.45, 7) is -0.0119. The third-order valence-corrected chi connectivity index (χ3v) is 3.90. The minimum absolute atomic E-state index is 0.0521. The molecule has 1 fully saturated rings. The molecule has 7 nitrogen and oxygen atoms in total. The van der Waals surface area contributed by atoms with Crippen molar-refractivity contribution in [3.05, 3.63) is 48.9 Å². The fourth-order valence-corrected chi connectivity index (χ4v) is 2.65. The lowest BCUT2D eigenvalue weighted by Gasteiger charge is -2.34. The van der Waals surface area contributed by atoms with E-state index in [4.69, 9.17) is 4.74 Å². The fourth-order valence-electron chi connectivity index (χ4n) is 2.65. The number of carbonyl (C=O) groups is 1. The van der Waals surface area contributed by atoms with Crippen LogP contribution in [0.15, 0.2) is 48.9 Å². The molecule has 0 radical (unpaired) electrons. The summed E-state index contributed by atoms with van der Waals surface area (Å²) in [4.78, 5) is 23.1. The number of nitrogens with zero attached hydrogens (tertiary/aromatic N) is 4. The van der Waals surface area contributed by atoms with Gasteiger partial charge in [0.25, 0.3) is 5.88 Å². The molecule has 1 aromatic heterocycles. The number of aromatic nitrogens is 2. The van der Waals surface area contributed by atoms with E-state index in [1.165, 1.54) is 36.5 Å². The van der Waals surface area contributed by atoms with Crippen LogP contribution < -0.4 is 14.4 Å². The first-order chi connectivity index (χ1) is 13.2. The van der Waals surface area contributed by atoms with E-state index in [0.717, 1.165) is 19.4 Å². The predicted octanol–water partition coefficient (Wildman–Crippen LogP) is 2.70. The zero-order valence-corrected chi connectivity index (χ0v) is 14.4. The predicted molar refractivity (Wildman–Crippen MR) is 94.2 cm³/mol. The molecule has 9 heteroatoms. The topological polar surface area (TPSA) is 67.8 Å². The van der Waals surface area contributed by atoms with Gasteiger partial charge < -0.3 is 19.3 Å². The third kappa shape index (κ3) is 5.13. The second kappa shape index (κ2) is 8.93. The largest absolute Gasteiger partial charge is 0.436 e. The lowest BCUT2D eigenvalue weighted by Crippen LogP contribution is -2.44. The monoisotopic (exact) mass is 376 g/mol. The Bertz CT molecular complexity index is 778. The van der Waals surface area contributed by atoms with E-state index in [9.17, 15) is 13.6 Å². The second-order valence-corrected chi connectivity index (χ2v) is 5.64. The van der Waals surface area contributed by atoms with Gasteiger partial charge >= 0.3 is 6.61 Å². The molecule has 1 aromatic carbocycles. The second-order valence-electron chi connectivity index (χ2n) is 5.64. The van der Waals surface area contributed by atoms with E-state index in [-0.39, 0.29) is 5.75 Å². The SMILES string of the molecule is O=CC=CN1CCN(c2nccnc2Oc2ccc(OC(F)F)cc2)CC1. The number of halogens is 2. The zero-order valence-electron chi connectivity index (χ0n) is 14.4. The van der Waals surface area contributed by atoms with Gasteiger partial charge in [-0.25, -0.2) is 9.97 Å². The molecular formula is C18H18F2N4O3. The van der Waals surface area contributed by atoms with Gasteiger partial charge in [0.1, 0.15) is 17.8 Å². The molecule has 1 saturated heterocycles. The van der Waals surface area contributed by atoms with Crippen LogP contribution in [0.5, 0.6) is 17.4 Å². The lowest BCUT2D eigenvalue weighted by atomic mass is 10.3. The van der Waals surface area contributed by atoms with Crippen molar-refractivity contribution in [2.24, 2.45) is 0 Å². The van der Waals surface area contributed by atoms with E-state index in [1.54, 1.807) is 12.4 Å². The van der Waals surface area contributed by atoms with Gasteiger partial charge in [-0.05, 0) is 30.3 Å². The van der Waals surface area contributed by atoms with Crippen molar-refractivity contribution in [1.29, 1.82) is 0 Å². The number of rotatable bonds is 7. The Morgan fingerprint density at radius 1 is 1.00 bits per heavy atom. The highest BCUT2D eigenvalue weighted by atomic mass is 19.3. The van der Waals surface area contributed by atoms with E-state index < -0.39 is 6.61 Å². The molecule has 2 heterocycles. The Morgan fingerprint density at radius 2 is 1.67 bits per heavy atom. The molecular weight excluding hydrogens is 358 g/mol. The number of piperazine rings is 1. The third-order valence-electron chi connectivity index (χ3n) is 3.90. The van der Waals surface area contributed by atoms with Gasteiger partial charge in [-0.1, -0.05) is 0 Å². The smallest absolute Gasteiger partial charge is 0.387 e. The summed E-state index contributed by atoms with van der Waals surface area (Å²) in [7, 11) is 0. The average molecular weight is 376 g/mol. The molecule has 3 rings (SSSR count).